The van der Waals surface area contributed by atoms with Gasteiger partial charge in [-0.05, 0) is 75.5 Å². The number of carbonyl (C=O) groups excluding carboxylic acids is 1. The van der Waals surface area contributed by atoms with Crippen LogP contribution < -0.4 is 14.8 Å². The Morgan fingerprint density at radius 2 is 2.11 bits per heavy atom. The molecular formula is C27H35F2N3O3S. The number of aromatic nitrogens is 1. The van der Waals surface area contributed by atoms with Gasteiger partial charge in [0.05, 0.1) is 17.9 Å². The molecule has 0 unspecified atom stereocenters. The van der Waals surface area contributed by atoms with Crippen LogP contribution in [0.2, 0.25) is 0 Å². The SMILES string of the molecule is CC(F)(F)COc1nc2c(s1)CCN(CC[C@H]1CC[C@H](NC(=O)c3cccc4c3OCCC4)CC1)C2. The molecule has 196 valence electrons. The van der Waals surface area contributed by atoms with Gasteiger partial charge in [-0.25, -0.2) is 13.8 Å². The number of ether oxygens (including phenoxy) is 2. The van der Waals surface area contributed by atoms with Gasteiger partial charge in [0.1, 0.15) is 5.75 Å². The van der Waals surface area contributed by atoms with Crippen molar-refractivity contribution < 1.29 is 23.0 Å². The number of fused-ring (bicyclic) bond motifs is 2. The van der Waals surface area contributed by atoms with Gasteiger partial charge in [-0.1, -0.05) is 23.5 Å². The van der Waals surface area contributed by atoms with E-state index in [1.54, 1.807) is 0 Å². The molecule has 0 spiro atoms. The number of rotatable bonds is 8. The zero-order valence-corrected chi connectivity index (χ0v) is 21.7. The van der Waals surface area contributed by atoms with E-state index in [0.29, 0.717) is 23.3 Å². The molecule has 1 aromatic carbocycles. The summed E-state index contributed by atoms with van der Waals surface area (Å²) in [6.45, 7) is 3.63. The molecule has 36 heavy (non-hydrogen) atoms. The van der Waals surface area contributed by atoms with E-state index in [1.807, 2.05) is 12.1 Å². The van der Waals surface area contributed by atoms with Crippen LogP contribution in [0.25, 0.3) is 0 Å². The minimum absolute atomic E-state index is 0.0180. The zero-order chi connectivity index (χ0) is 25.1. The molecular weight excluding hydrogens is 484 g/mol. The maximum absolute atomic E-state index is 13.1. The third kappa shape index (κ3) is 6.35. The Kier molecular flexibility index (Phi) is 7.76. The number of aryl methyl sites for hydroxylation is 1. The molecule has 1 aromatic heterocycles. The quantitative estimate of drug-likeness (QED) is 0.517. The molecule has 0 saturated heterocycles. The summed E-state index contributed by atoms with van der Waals surface area (Å²) in [6, 6.07) is 6.08. The van der Waals surface area contributed by atoms with Crippen molar-refractivity contribution in [3.63, 3.8) is 0 Å². The monoisotopic (exact) mass is 519 g/mol. The number of alkyl halides is 2. The molecule has 3 aliphatic rings. The number of amides is 1. The first kappa shape index (κ1) is 25.4. The lowest BCUT2D eigenvalue weighted by molar-refractivity contribution is -0.0230. The molecule has 9 heteroatoms. The number of thiazole rings is 1. The third-order valence-corrected chi connectivity index (χ3v) is 8.52. The van der Waals surface area contributed by atoms with Gasteiger partial charge in [0.25, 0.3) is 17.0 Å². The molecule has 3 heterocycles. The van der Waals surface area contributed by atoms with E-state index in [9.17, 15) is 13.6 Å². The van der Waals surface area contributed by atoms with Crippen molar-refractivity contribution >= 4 is 17.2 Å². The summed E-state index contributed by atoms with van der Waals surface area (Å²) in [4.78, 5) is 21.0. The summed E-state index contributed by atoms with van der Waals surface area (Å²) in [7, 11) is 0. The predicted octanol–water partition coefficient (Wildman–Crippen LogP) is 5.24. The number of para-hydroxylation sites is 1. The van der Waals surface area contributed by atoms with Crippen molar-refractivity contribution in [2.75, 3.05) is 26.3 Å². The lowest BCUT2D eigenvalue weighted by Crippen LogP contribution is -2.38. The Labute approximate surface area is 215 Å². The van der Waals surface area contributed by atoms with Gasteiger partial charge in [0.15, 0.2) is 6.61 Å². The fourth-order valence-electron chi connectivity index (χ4n) is 5.46. The highest BCUT2D eigenvalue weighted by molar-refractivity contribution is 7.13. The molecule has 6 nitrogen and oxygen atoms in total. The van der Waals surface area contributed by atoms with Crippen molar-refractivity contribution in [3.05, 3.63) is 39.9 Å². The molecule has 2 aromatic rings. The van der Waals surface area contributed by atoms with E-state index < -0.39 is 12.5 Å². The molecule has 0 radical (unpaired) electrons. The van der Waals surface area contributed by atoms with Crippen molar-refractivity contribution in [3.8, 4) is 10.9 Å². The van der Waals surface area contributed by atoms with Crippen LogP contribution in [0, 0.1) is 5.92 Å². The number of nitrogens with one attached hydrogen (secondary N) is 1. The standard InChI is InChI=1S/C27H35F2N3O3S/c1-27(28,29)17-35-26-31-22-16-32(14-12-23(22)36-26)13-11-18-7-9-20(10-8-18)30-25(33)21-6-2-4-19-5-3-15-34-24(19)21/h2,4,6,18,20H,3,5,7-17H2,1H3,(H,30,33)/t18-,20-. The highest BCUT2D eigenvalue weighted by Gasteiger charge is 2.28. The van der Waals surface area contributed by atoms with Crippen molar-refractivity contribution in [1.29, 1.82) is 0 Å². The Balaban J connectivity index is 1.05. The fourth-order valence-corrected chi connectivity index (χ4v) is 6.37. The summed E-state index contributed by atoms with van der Waals surface area (Å²) in [6.07, 6.45) is 8.24. The van der Waals surface area contributed by atoms with Crippen LogP contribution in [-0.2, 0) is 19.4 Å². The predicted molar refractivity (Wildman–Crippen MR) is 135 cm³/mol. The van der Waals surface area contributed by atoms with E-state index >= 15 is 0 Å². The minimum Gasteiger partial charge on any atom is -0.492 e. The highest BCUT2D eigenvalue weighted by atomic mass is 32.1. The second-order valence-electron chi connectivity index (χ2n) is 10.5. The fraction of sp³-hybridized carbons (Fsp3) is 0.630. The number of benzene rings is 1. The molecule has 2 aliphatic heterocycles. The zero-order valence-electron chi connectivity index (χ0n) is 20.9. The average Bonchev–Trinajstić information content (AvgIpc) is 3.29. The molecule has 1 aliphatic carbocycles. The van der Waals surface area contributed by atoms with E-state index in [0.717, 1.165) is 99.8 Å². The van der Waals surface area contributed by atoms with Crippen LogP contribution in [0.1, 0.15) is 71.9 Å². The van der Waals surface area contributed by atoms with Crippen LogP contribution in [-0.4, -0.2) is 54.1 Å². The lowest BCUT2D eigenvalue weighted by atomic mass is 9.84. The number of nitrogens with zero attached hydrogens (tertiary/aromatic N) is 2. The first-order valence-corrected chi connectivity index (χ1v) is 13.9. The second kappa shape index (κ2) is 11.0. The first-order valence-electron chi connectivity index (χ1n) is 13.1. The third-order valence-electron chi connectivity index (χ3n) is 7.45. The van der Waals surface area contributed by atoms with E-state index in [-0.39, 0.29) is 11.9 Å². The molecule has 0 bridgehead atoms. The number of hydrogen-bond donors (Lipinski definition) is 1. The molecule has 0 atom stereocenters. The van der Waals surface area contributed by atoms with Crippen molar-refractivity contribution in [2.24, 2.45) is 5.92 Å². The van der Waals surface area contributed by atoms with Gasteiger partial charge in [-0.3, -0.25) is 9.69 Å². The van der Waals surface area contributed by atoms with E-state index in [4.69, 9.17) is 9.47 Å². The Bertz CT molecular complexity index is 1060. The summed E-state index contributed by atoms with van der Waals surface area (Å²) >= 11 is 1.40. The number of halogens is 2. The van der Waals surface area contributed by atoms with Crippen LogP contribution in [0.3, 0.4) is 0 Å². The highest BCUT2D eigenvalue weighted by Crippen LogP contribution is 2.33. The largest absolute Gasteiger partial charge is 0.492 e. The van der Waals surface area contributed by atoms with Gasteiger partial charge in [-0.2, -0.15) is 0 Å². The maximum Gasteiger partial charge on any atom is 0.278 e. The van der Waals surface area contributed by atoms with Gasteiger partial charge in [0.2, 0.25) is 0 Å². The Hall–Kier alpha value is -2.26. The molecule has 1 N–H and O–H groups in total. The molecule has 1 amide bonds. The normalized spacial score (nSPS) is 22.3. The number of carbonyl (C=O) groups is 1. The summed E-state index contributed by atoms with van der Waals surface area (Å²) in [5.74, 6) is -1.44. The van der Waals surface area contributed by atoms with Crippen LogP contribution in [0.15, 0.2) is 18.2 Å². The van der Waals surface area contributed by atoms with Crippen molar-refractivity contribution in [2.45, 2.75) is 76.8 Å². The minimum atomic E-state index is -2.85. The summed E-state index contributed by atoms with van der Waals surface area (Å²) < 4.78 is 37.2. The van der Waals surface area contributed by atoms with E-state index in [1.165, 1.54) is 11.3 Å². The molecule has 1 saturated carbocycles. The molecule has 1 fully saturated rings. The van der Waals surface area contributed by atoms with Gasteiger partial charge >= 0.3 is 0 Å². The maximum atomic E-state index is 13.1. The first-order chi connectivity index (χ1) is 17.3. The van der Waals surface area contributed by atoms with Gasteiger partial charge < -0.3 is 14.8 Å². The van der Waals surface area contributed by atoms with Gasteiger partial charge in [0, 0.05) is 30.9 Å². The summed E-state index contributed by atoms with van der Waals surface area (Å²) in [5.41, 5.74) is 2.77. The second-order valence-corrected chi connectivity index (χ2v) is 11.5. The topological polar surface area (TPSA) is 63.7 Å². The molecule has 5 rings (SSSR count). The Morgan fingerprint density at radius 3 is 2.92 bits per heavy atom. The van der Waals surface area contributed by atoms with Gasteiger partial charge in [-0.15, -0.1) is 0 Å². The van der Waals surface area contributed by atoms with Crippen molar-refractivity contribution in [1.82, 2.24) is 15.2 Å². The van der Waals surface area contributed by atoms with Crippen LogP contribution >= 0.6 is 11.3 Å². The van der Waals surface area contributed by atoms with E-state index in [2.05, 4.69) is 21.3 Å². The average molecular weight is 520 g/mol. The Morgan fingerprint density at radius 1 is 1.28 bits per heavy atom. The smallest absolute Gasteiger partial charge is 0.278 e. The lowest BCUT2D eigenvalue weighted by Gasteiger charge is -2.32. The van der Waals surface area contributed by atoms with Crippen LogP contribution in [0.4, 0.5) is 8.78 Å². The van der Waals surface area contributed by atoms with Crippen LogP contribution in [0.5, 0.6) is 10.9 Å². The summed E-state index contributed by atoms with van der Waals surface area (Å²) in [5, 5.41) is 3.60. The number of hydrogen-bond acceptors (Lipinski definition) is 6.